The zero-order valence-electron chi connectivity index (χ0n) is 15.1. The van der Waals surface area contributed by atoms with Crippen molar-refractivity contribution < 1.29 is 4.79 Å². The van der Waals surface area contributed by atoms with Gasteiger partial charge in [0.25, 0.3) is 0 Å². The Labute approximate surface area is 168 Å². The molecule has 5 rings (SSSR count). The number of amides is 1. The Balaban J connectivity index is 1.67. The first-order valence-electron chi connectivity index (χ1n) is 9.27. The number of rotatable bonds is 2. The van der Waals surface area contributed by atoms with Crippen molar-refractivity contribution in [2.75, 3.05) is 9.80 Å². The summed E-state index contributed by atoms with van der Waals surface area (Å²) in [7, 11) is 0. The minimum Gasteiger partial charge on any atom is -0.304 e. The summed E-state index contributed by atoms with van der Waals surface area (Å²) < 4.78 is 0. The van der Waals surface area contributed by atoms with E-state index in [-0.39, 0.29) is 11.9 Å². The Morgan fingerprint density at radius 3 is 2.39 bits per heavy atom. The van der Waals surface area contributed by atoms with Crippen LogP contribution < -0.4 is 9.80 Å². The van der Waals surface area contributed by atoms with E-state index >= 15 is 0 Å². The molecule has 1 unspecified atom stereocenters. The molecule has 2 aliphatic rings. The van der Waals surface area contributed by atoms with Gasteiger partial charge in [-0.05, 0) is 41.5 Å². The molecule has 0 aromatic heterocycles. The van der Waals surface area contributed by atoms with Crippen LogP contribution in [-0.2, 0) is 11.3 Å². The molecule has 3 aromatic rings. The predicted octanol–water partition coefficient (Wildman–Crippen LogP) is 5.19. The number of anilines is 2. The lowest BCUT2D eigenvalue weighted by Gasteiger charge is -2.45. The molecule has 2 heterocycles. The Morgan fingerprint density at radius 2 is 1.61 bits per heavy atom. The van der Waals surface area contributed by atoms with Gasteiger partial charge in [0.2, 0.25) is 11.9 Å². The first kappa shape index (κ1) is 17.0. The molecule has 0 aliphatic carbocycles. The van der Waals surface area contributed by atoms with Gasteiger partial charge in [-0.1, -0.05) is 60.1 Å². The zero-order chi connectivity index (χ0) is 19.1. The molecule has 5 heteroatoms. The molecule has 3 aromatic carbocycles. The second kappa shape index (κ2) is 6.80. The number of hydrogen-bond donors (Lipinski definition) is 0. The van der Waals surface area contributed by atoms with Gasteiger partial charge < -0.3 is 4.90 Å². The van der Waals surface area contributed by atoms with Crippen LogP contribution in [0.2, 0.25) is 5.02 Å². The third-order valence-electron chi connectivity index (χ3n) is 5.26. The van der Waals surface area contributed by atoms with Crippen LogP contribution in [0, 0.1) is 0 Å². The van der Waals surface area contributed by atoms with Crippen molar-refractivity contribution in [3.8, 4) is 0 Å². The predicted molar refractivity (Wildman–Crippen MR) is 113 cm³/mol. The number of benzene rings is 3. The quantitative estimate of drug-likeness (QED) is 0.606. The van der Waals surface area contributed by atoms with Crippen molar-refractivity contribution in [1.82, 2.24) is 0 Å². The number of halogens is 1. The average molecular weight is 388 g/mol. The van der Waals surface area contributed by atoms with Crippen LogP contribution >= 0.6 is 11.6 Å². The minimum absolute atomic E-state index is 0.0602. The van der Waals surface area contributed by atoms with E-state index in [0.29, 0.717) is 23.9 Å². The standard InChI is InChI=1S/C23H18ClN3O/c24-18-10-12-19(13-11-18)26-21(16-6-2-1-3-7-16)14-22(28)27-20-9-5-4-8-17(20)15-25-23(26)27/h1-13,21H,14-15H2. The lowest BCUT2D eigenvalue weighted by Crippen LogP contribution is -2.56. The fraction of sp³-hybridized carbons (Fsp3) is 0.130. The molecular weight excluding hydrogens is 370 g/mol. The lowest BCUT2D eigenvalue weighted by molar-refractivity contribution is -0.118. The summed E-state index contributed by atoms with van der Waals surface area (Å²) in [5, 5.41) is 0.681. The van der Waals surface area contributed by atoms with E-state index in [2.05, 4.69) is 17.0 Å². The lowest BCUT2D eigenvalue weighted by atomic mass is 9.97. The maximum absolute atomic E-state index is 13.2. The van der Waals surface area contributed by atoms with Crippen LogP contribution in [0.1, 0.15) is 23.6 Å². The first-order chi connectivity index (χ1) is 13.7. The van der Waals surface area contributed by atoms with Gasteiger partial charge in [0.05, 0.1) is 24.7 Å². The fourth-order valence-corrected chi connectivity index (χ4v) is 4.08. The van der Waals surface area contributed by atoms with E-state index in [9.17, 15) is 4.79 Å². The Hall–Kier alpha value is -3.11. The van der Waals surface area contributed by atoms with E-state index in [1.165, 1.54) is 0 Å². The summed E-state index contributed by atoms with van der Waals surface area (Å²) in [5.74, 6) is 0.732. The van der Waals surface area contributed by atoms with Crippen molar-refractivity contribution in [2.24, 2.45) is 4.99 Å². The molecule has 1 saturated heterocycles. The van der Waals surface area contributed by atoms with Crippen LogP contribution in [0.25, 0.3) is 0 Å². The van der Waals surface area contributed by atoms with Crippen LogP contribution in [0.4, 0.5) is 11.4 Å². The second-order valence-corrected chi connectivity index (χ2v) is 7.39. The van der Waals surface area contributed by atoms with Crippen molar-refractivity contribution >= 4 is 34.8 Å². The monoisotopic (exact) mass is 387 g/mol. The van der Waals surface area contributed by atoms with Gasteiger partial charge in [0.1, 0.15) is 0 Å². The molecule has 0 N–H and O–H groups in total. The van der Waals surface area contributed by atoms with E-state index < -0.39 is 0 Å². The summed E-state index contributed by atoms with van der Waals surface area (Å²) in [5.41, 5.74) is 4.04. The molecule has 1 amide bonds. The molecule has 0 spiro atoms. The largest absolute Gasteiger partial charge is 0.304 e. The maximum Gasteiger partial charge on any atom is 0.236 e. The number of aliphatic imine (C=N–C) groups is 1. The summed E-state index contributed by atoms with van der Waals surface area (Å²) in [6, 6.07) is 25.7. The molecular formula is C23H18ClN3O. The molecule has 0 saturated carbocycles. The molecule has 28 heavy (non-hydrogen) atoms. The zero-order valence-corrected chi connectivity index (χ0v) is 15.9. The summed E-state index contributed by atoms with van der Waals surface area (Å²) in [6.07, 6.45) is 0.375. The average Bonchev–Trinajstić information content (AvgIpc) is 2.74. The second-order valence-electron chi connectivity index (χ2n) is 6.95. The van der Waals surface area contributed by atoms with E-state index in [0.717, 1.165) is 22.5 Å². The topological polar surface area (TPSA) is 35.9 Å². The summed E-state index contributed by atoms with van der Waals surface area (Å²) in [4.78, 5) is 21.9. The van der Waals surface area contributed by atoms with Crippen molar-refractivity contribution in [3.63, 3.8) is 0 Å². The molecule has 138 valence electrons. The normalized spacial score (nSPS) is 18.4. The van der Waals surface area contributed by atoms with Crippen LogP contribution in [0.5, 0.6) is 0 Å². The van der Waals surface area contributed by atoms with Gasteiger partial charge >= 0.3 is 0 Å². The molecule has 0 radical (unpaired) electrons. The maximum atomic E-state index is 13.2. The Morgan fingerprint density at radius 1 is 0.893 bits per heavy atom. The highest BCUT2D eigenvalue weighted by Crippen LogP contribution is 2.40. The number of fused-ring (bicyclic) bond motifs is 3. The molecule has 1 atom stereocenters. The SMILES string of the molecule is O=C1CC(c2ccccc2)N(c2ccc(Cl)cc2)C2=NCc3ccccc3N12. The van der Waals surface area contributed by atoms with Gasteiger partial charge in [-0.15, -0.1) is 0 Å². The molecule has 4 nitrogen and oxygen atoms in total. The van der Waals surface area contributed by atoms with E-state index in [4.69, 9.17) is 16.6 Å². The number of carbonyl (C=O) groups is 1. The van der Waals surface area contributed by atoms with Crippen LogP contribution in [0.15, 0.2) is 83.9 Å². The number of nitrogens with zero attached hydrogens (tertiary/aromatic N) is 3. The smallest absolute Gasteiger partial charge is 0.236 e. The van der Waals surface area contributed by atoms with Gasteiger partial charge in [-0.2, -0.15) is 0 Å². The third kappa shape index (κ3) is 2.77. The van der Waals surface area contributed by atoms with Gasteiger partial charge in [-0.25, -0.2) is 9.89 Å². The Bertz CT molecular complexity index is 1060. The highest BCUT2D eigenvalue weighted by molar-refractivity contribution is 6.30. The minimum atomic E-state index is -0.116. The molecule has 2 aliphatic heterocycles. The third-order valence-corrected chi connectivity index (χ3v) is 5.51. The molecule has 0 bridgehead atoms. The van der Waals surface area contributed by atoms with E-state index in [1.807, 2.05) is 66.7 Å². The Kier molecular flexibility index (Phi) is 4.14. The van der Waals surface area contributed by atoms with Crippen molar-refractivity contribution in [2.45, 2.75) is 19.0 Å². The number of hydrogen-bond acceptors (Lipinski definition) is 3. The number of para-hydroxylation sites is 1. The number of guanidine groups is 1. The summed E-state index contributed by atoms with van der Waals surface area (Å²) >= 11 is 6.12. The molecule has 1 fully saturated rings. The van der Waals surface area contributed by atoms with Crippen molar-refractivity contribution in [3.05, 3.63) is 95.0 Å². The fourth-order valence-electron chi connectivity index (χ4n) is 3.95. The highest BCUT2D eigenvalue weighted by atomic mass is 35.5. The number of carbonyl (C=O) groups excluding carboxylic acids is 1. The first-order valence-corrected chi connectivity index (χ1v) is 9.65. The van der Waals surface area contributed by atoms with Crippen molar-refractivity contribution in [1.29, 1.82) is 0 Å². The van der Waals surface area contributed by atoms with Gasteiger partial charge in [0.15, 0.2) is 0 Å². The van der Waals surface area contributed by atoms with Gasteiger partial charge in [-0.3, -0.25) is 4.79 Å². The van der Waals surface area contributed by atoms with Gasteiger partial charge in [0, 0.05) is 10.7 Å². The summed E-state index contributed by atoms with van der Waals surface area (Å²) in [6.45, 7) is 0.556. The van der Waals surface area contributed by atoms with Crippen LogP contribution in [0.3, 0.4) is 0 Å². The van der Waals surface area contributed by atoms with E-state index in [1.54, 1.807) is 4.90 Å². The van der Waals surface area contributed by atoms with Crippen LogP contribution in [-0.4, -0.2) is 11.9 Å². The highest BCUT2D eigenvalue weighted by Gasteiger charge is 2.41.